The highest BCUT2D eigenvalue weighted by atomic mass is 16.7. The van der Waals surface area contributed by atoms with Crippen molar-refractivity contribution in [3.8, 4) is 17.2 Å². The van der Waals surface area contributed by atoms with Gasteiger partial charge < -0.3 is 28.8 Å². The lowest BCUT2D eigenvalue weighted by molar-refractivity contribution is -0.321. The molecule has 0 saturated carbocycles. The second-order valence-corrected chi connectivity index (χ2v) is 9.66. The maximum atomic E-state index is 13.4. The van der Waals surface area contributed by atoms with Crippen molar-refractivity contribution in [2.45, 2.75) is 51.7 Å². The average Bonchev–Trinajstić information content (AvgIpc) is 3.40. The molecule has 2 aromatic carbocycles. The van der Waals surface area contributed by atoms with Crippen LogP contribution in [0.5, 0.6) is 17.2 Å². The van der Waals surface area contributed by atoms with E-state index in [0.717, 1.165) is 5.56 Å². The number of rotatable bonds is 5. The quantitative estimate of drug-likeness (QED) is 0.661. The topological polar surface area (TPSA) is 97.4 Å². The minimum Gasteiger partial charge on any atom is -0.549 e. The number of likely N-dealkylation sites (tertiary alicyclic amines) is 1. The van der Waals surface area contributed by atoms with Crippen molar-refractivity contribution in [1.82, 2.24) is 4.90 Å². The second kappa shape index (κ2) is 8.74. The maximum absolute atomic E-state index is 13.4. The van der Waals surface area contributed by atoms with Crippen LogP contribution in [0.15, 0.2) is 42.5 Å². The van der Waals surface area contributed by atoms with E-state index < -0.39 is 35.0 Å². The van der Waals surface area contributed by atoms with Gasteiger partial charge in [-0.3, -0.25) is 4.90 Å². The van der Waals surface area contributed by atoms with E-state index >= 15 is 0 Å². The Balaban J connectivity index is 1.86. The summed E-state index contributed by atoms with van der Waals surface area (Å²) in [5.41, 5.74) is -0.741. The van der Waals surface area contributed by atoms with Crippen LogP contribution < -0.4 is 19.3 Å². The normalized spacial score (nSPS) is 23.6. The van der Waals surface area contributed by atoms with E-state index in [2.05, 4.69) is 0 Å². The van der Waals surface area contributed by atoms with Gasteiger partial charge in [-0.2, -0.15) is 0 Å². The Morgan fingerprint density at radius 3 is 2.32 bits per heavy atom. The molecular weight excluding hydrogens is 438 g/mol. The van der Waals surface area contributed by atoms with Crippen molar-refractivity contribution in [3.05, 3.63) is 53.6 Å². The van der Waals surface area contributed by atoms with E-state index in [1.54, 1.807) is 64.3 Å². The van der Waals surface area contributed by atoms with Gasteiger partial charge in [0.25, 0.3) is 0 Å². The fourth-order valence-electron chi connectivity index (χ4n) is 5.07. The molecule has 182 valence electrons. The summed E-state index contributed by atoms with van der Waals surface area (Å²) in [6, 6.07) is 11.7. The van der Waals surface area contributed by atoms with Crippen LogP contribution in [0.1, 0.15) is 57.2 Å². The number of benzene rings is 2. The second-order valence-electron chi connectivity index (χ2n) is 9.66. The predicted molar refractivity (Wildman–Crippen MR) is 122 cm³/mol. The van der Waals surface area contributed by atoms with E-state index in [0.29, 0.717) is 22.8 Å². The van der Waals surface area contributed by atoms with Crippen LogP contribution in [0.3, 0.4) is 0 Å². The van der Waals surface area contributed by atoms with Crippen LogP contribution in [0.2, 0.25) is 0 Å². The predicted octanol–water partition coefficient (Wildman–Crippen LogP) is 3.65. The number of nitrogens with zero attached hydrogens (tertiary/aromatic N) is 1. The molecule has 0 bridgehead atoms. The van der Waals surface area contributed by atoms with Crippen molar-refractivity contribution in [1.29, 1.82) is 0 Å². The number of carbonyl (C=O) groups is 2. The van der Waals surface area contributed by atoms with Gasteiger partial charge >= 0.3 is 6.09 Å². The monoisotopic (exact) mass is 468 g/mol. The number of fused-ring (bicyclic) bond motifs is 1. The Morgan fingerprint density at radius 2 is 1.74 bits per heavy atom. The number of hydrogen-bond donors (Lipinski definition) is 0. The number of amides is 1. The Labute approximate surface area is 199 Å². The molecule has 8 nitrogen and oxygen atoms in total. The van der Waals surface area contributed by atoms with Crippen LogP contribution in [-0.2, 0) is 9.53 Å². The first-order chi connectivity index (χ1) is 16.1. The van der Waals surface area contributed by atoms with Gasteiger partial charge in [0.05, 0.1) is 19.1 Å². The fraction of sp³-hybridized carbons (Fsp3) is 0.462. The third-order valence-electron chi connectivity index (χ3n) is 6.62. The van der Waals surface area contributed by atoms with Gasteiger partial charge in [-0.25, -0.2) is 4.79 Å². The molecular formula is C26H30NO7-. The lowest BCUT2D eigenvalue weighted by atomic mass is 9.67. The van der Waals surface area contributed by atoms with Crippen LogP contribution >= 0.6 is 0 Å². The molecule has 2 aliphatic heterocycles. The van der Waals surface area contributed by atoms with Crippen LogP contribution in [0.4, 0.5) is 4.79 Å². The Kier molecular flexibility index (Phi) is 6.10. The standard InChI is InChI=1S/C26H31NO7/c1-6-26(23(28)29)19(17-9-12-20-21(13-17)33-15-32-20)14-27(24(30)34-25(2,3)4)22(26)16-7-10-18(31-5)11-8-16/h7-13,19,22H,6,14-15H2,1-5H3,(H,28,29)/p-1/t19-,22-,26-/m0/s1. The largest absolute Gasteiger partial charge is 0.549 e. The SMILES string of the molecule is CC[C@@]1(C(=O)[O-])[C@H](c2ccc(OC)cc2)N(C(=O)OC(C)(C)C)C[C@H]1c1ccc2c(c1)OCO2. The summed E-state index contributed by atoms with van der Waals surface area (Å²) < 4.78 is 21.9. The zero-order valence-electron chi connectivity index (χ0n) is 20.1. The maximum Gasteiger partial charge on any atom is 0.410 e. The number of carbonyl (C=O) groups excluding carboxylic acids is 2. The Morgan fingerprint density at radius 1 is 1.09 bits per heavy atom. The molecule has 1 amide bonds. The summed E-state index contributed by atoms with van der Waals surface area (Å²) in [6.07, 6.45) is -0.333. The molecule has 0 N–H and O–H groups in total. The average molecular weight is 469 g/mol. The molecule has 4 rings (SSSR count). The van der Waals surface area contributed by atoms with Gasteiger partial charge in [-0.05, 0) is 62.6 Å². The van der Waals surface area contributed by atoms with Crippen LogP contribution in [0, 0.1) is 5.41 Å². The van der Waals surface area contributed by atoms with Crippen molar-refractivity contribution >= 4 is 12.1 Å². The summed E-state index contributed by atoms with van der Waals surface area (Å²) in [7, 11) is 1.56. The number of methoxy groups -OCH3 is 1. The minimum absolute atomic E-state index is 0.112. The summed E-state index contributed by atoms with van der Waals surface area (Å²) in [4.78, 5) is 27.9. The first-order valence-corrected chi connectivity index (χ1v) is 11.3. The molecule has 34 heavy (non-hydrogen) atoms. The van der Waals surface area contributed by atoms with Crippen LogP contribution in [0.25, 0.3) is 0 Å². The molecule has 2 aromatic rings. The summed E-state index contributed by atoms with van der Waals surface area (Å²) in [5.74, 6) is 0.0140. The van der Waals surface area contributed by atoms with E-state index in [1.807, 2.05) is 13.0 Å². The van der Waals surface area contributed by atoms with Crippen molar-refractivity contribution in [3.63, 3.8) is 0 Å². The number of carboxylic acid groups (broad SMARTS) is 1. The molecule has 0 radical (unpaired) electrons. The third kappa shape index (κ3) is 4.02. The zero-order valence-corrected chi connectivity index (χ0v) is 20.1. The summed E-state index contributed by atoms with van der Waals surface area (Å²) >= 11 is 0. The molecule has 2 aliphatic rings. The third-order valence-corrected chi connectivity index (χ3v) is 6.62. The summed E-state index contributed by atoms with van der Waals surface area (Å²) in [5, 5.41) is 13.0. The number of aliphatic carboxylic acids is 1. The Bertz CT molecular complexity index is 1080. The molecule has 3 atom stereocenters. The minimum atomic E-state index is -1.40. The lowest BCUT2D eigenvalue weighted by Gasteiger charge is -2.41. The van der Waals surface area contributed by atoms with Crippen molar-refractivity contribution in [2.24, 2.45) is 5.41 Å². The lowest BCUT2D eigenvalue weighted by Crippen LogP contribution is -2.49. The van der Waals surface area contributed by atoms with Gasteiger partial charge in [0.1, 0.15) is 11.4 Å². The van der Waals surface area contributed by atoms with Crippen molar-refractivity contribution in [2.75, 3.05) is 20.4 Å². The zero-order chi connectivity index (χ0) is 24.7. The van der Waals surface area contributed by atoms with Gasteiger partial charge in [0.15, 0.2) is 11.5 Å². The molecule has 0 aromatic heterocycles. The number of carboxylic acids is 1. The van der Waals surface area contributed by atoms with E-state index in [9.17, 15) is 14.7 Å². The van der Waals surface area contributed by atoms with Gasteiger partial charge in [-0.15, -0.1) is 0 Å². The van der Waals surface area contributed by atoms with Crippen molar-refractivity contribution < 1.29 is 33.6 Å². The van der Waals surface area contributed by atoms with Crippen LogP contribution in [-0.4, -0.2) is 43.0 Å². The highest BCUT2D eigenvalue weighted by molar-refractivity contribution is 5.80. The first kappa shape index (κ1) is 23.7. The van der Waals surface area contributed by atoms with Gasteiger partial charge in [0, 0.05) is 17.9 Å². The van der Waals surface area contributed by atoms with Gasteiger partial charge in [-0.1, -0.05) is 25.1 Å². The molecule has 0 aliphatic carbocycles. The fourth-order valence-corrected chi connectivity index (χ4v) is 5.07. The molecule has 1 fully saturated rings. The molecule has 2 heterocycles. The van der Waals surface area contributed by atoms with Gasteiger partial charge in [0.2, 0.25) is 6.79 Å². The Hall–Kier alpha value is -3.42. The smallest absolute Gasteiger partial charge is 0.410 e. The summed E-state index contributed by atoms with van der Waals surface area (Å²) in [6.45, 7) is 7.42. The highest BCUT2D eigenvalue weighted by Gasteiger charge is 2.57. The highest BCUT2D eigenvalue weighted by Crippen LogP contribution is 2.57. The molecule has 0 spiro atoms. The molecule has 8 heteroatoms. The van der Waals surface area contributed by atoms with E-state index in [-0.39, 0.29) is 19.8 Å². The molecule has 1 saturated heterocycles. The van der Waals surface area contributed by atoms with E-state index in [1.165, 1.54) is 4.90 Å². The first-order valence-electron chi connectivity index (χ1n) is 11.3. The molecule has 0 unspecified atom stereocenters. The number of ether oxygens (including phenoxy) is 4. The number of hydrogen-bond acceptors (Lipinski definition) is 7. The van der Waals surface area contributed by atoms with E-state index in [4.69, 9.17) is 18.9 Å².